The minimum atomic E-state index is 0.443. The van der Waals surface area contributed by atoms with Gasteiger partial charge in [-0.15, -0.1) is 11.3 Å². The molecule has 0 aliphatic rings. The van der Waals surface area contributed by atoms with Crippen LogP contribution in [0.1, 0.15) is 35.9 Å². The van der Waals surface area contributed by atoms with Crippen molar-refractivity contribution in [2.45, 2.75) is 32.9 Å². The number of aryl methyl sites for hydroxylation is 1. The van der Waals surface area contributed by atoms with Crippen molar-refractivity contribution in [1.82, 2.24) is 5.32 Å². The van der Waals surface area contributed by atoms with E-state index in [-0.39, 0.29) is 0 Å². The summed E-state index contributed by atoms with van der Waals surface area (Å²) in [5.41, 5.74) is 2.87. The predicted octanol–water partition coefficient (Wildman–Crippen LogP) is 4.22. The van der Waals surface area contributed by atoms with Crippen LogP contribution in [0.5, 0.6) is 0 Å². The SMILES string of the molecule is CCc1ccsc1CNC(C)c1ccsc1. The molecule has 2 aromatic heterocycles. The van der Waals surface area contributed by atoms with Gasteiger partial charge in [-0.05, 0) is 52.7 Å². The molecule has 1 unspecified atom stereocenters. The Labute approximate surface area is 105 Å². The largest absolute Gasteiger partial charge is 0.305 e. The van der Waals surface area contributed by atoms with E-state index in [4.69, 9.17) is 0 Å². The topological polar surface area (TPSA) is 12.0 Å². The van der Waals surface area contributed by atoms with Gasteiger partial charge in [0, 0.05) is 17.5 Å². The minimum absolute atomic E-state index is 0.443. The highest BCUT2D eigenvalue weighted by Gasteiger charge is 2.07. The second kappa shape index (κ2) is 5.62. The molecule has 16 heavy (non-hydrogen) atoms. The highest BCUT2D eigenvalue weighted by atomic mass is 32.1. The Balaban J connectivity index is 1.92. The maximum absolute atomic E-state index is 3.58. The molecule has 3 heteroatoms. The maximum Gasteiger partial charge on any atom is 0.0308 e. The first-order valence-corrected chi connectivity index (χ1v) is 7.44. The van der Waals surface area contributed by atoms with Gasteiger partial charge < -0.3 is 5.32 Å². The molecule has 1 atom stereocenters. The quantitative estimate of drug-likeness (QED) is 0.839. The number of hydrogen-bond donors (Lipinski definition) is 1. The van der Waals surface area contributed by atoms with Crippen molar-refractivity contribution in [2.75, 3.05) is 0 Å². The van der Waals surface area contributed by atoms with Crippen LogP contribution in [-0.4, -0.2) is 0 Å². The Bertz CT molecular complexity index is 417. The molecule has 0 aliphatic heterocycles. The molecule has 1 N–H and O–H groups in total. The summed E-state index contributed by atoms with van der Waals surface area (Å²) < 4.78 is 0. The molecule has 86 valence electrons. The molecule has 0 saturated carbocycles. The van der Waals surface area contributed by atoms with E-state index in [1.807, 2.05) is 11.3 Å². The van der Waals surface area contributed by atoms with E-state index in [0.717, 1.165) is 13.0 Å². The van der Waals surface area contributed by atoms with Gasteiger partial charge in [0.2, 0.25) is 0 Å². The third-order valence-electron chi connectivity index (χ3n) is 2.83. The van der Waals surface area contributed by atoms with Gasteiger partial charge in [0.15, 0.2) is 0 Å². The molecule has 0 aliphatic carbocycles. The number of nitrogens with one attached hydrogen (secondary N) is 1. The van der Waals surface area contributed by atoms with Crippen molar-refractivity contribution in [3.05, 3.63) is 44.3 Å². The fourth-order valence-corrected chi connectivity index (χ4v) is 3.40. The van der Waals surface area contributed by atoms with Crippen LogP contribution in [0, 0.1) is 0 Å². The van der Waals surface area contributed by atoms with Crippen LogP contribution in [0.4, 0.5) is 0 Å². The van der Waals surface area contributed by atoms with Crippen LogP contribution in [-0.2, 0) is 13.0 Å². The van der Waals surface area contributed by atoms with Crippen LogP contribution in [0.2, 0.25) is 0 Å². The summed E-state index contributed by atoms with van der Waals surface area (Å²) in [5, 5.41) is 10.1. The molecule has 0 radical (unpaired) electrons. The number of rotatable bonds is 5. The minimum Gasteiger partial charge on any atom is -0.305 e. The zero-order valence-electron chi connectivity index (χ0n) is 9.69. The summed E-state index contributed by atoms with van der Waals surface area (Å²) in [4.78, 5) is 1.48. The first-order chi connectivity index (χ1) is 7.81. The molecular weight excluding hydrogens is 234 g/mol. The Morgan fingerprint density at radius 3 is 2.88 bits per heavy atom. The average molecular weight is 251 g/mol. The van der Waals surface area contributed by atoms with Crippen molar-refractivity contribution < 1.29 is 0 Å². The molecule has 2 heterocycles. The molecule has 2 aromatic rings. The normalized spacial score (nSPS) is 12.9. The van der Waals surface area contributed by atoms with Gasteiger partial charge in [-0.3, -0.25) is 0 Å². The van der Waals surface area contributed by atoms with Crippen molar-refractivity contribution in [3.8, 4) is 0 Å². The fourth-order valence-electron chi connectivity index (χ4n) is 1.72. The van der Waals surface area contributed by atoms with Crippen LogP contribution in [0.3, 0.4) is 0 Å². The molecule has 2 rings (SSSR count). The Morgan fingerprint density at radius 1 is 1.31 bits per heavy atom. The summed E-state index contributed by atoms with van der Waals surface area (Å²) in [6, 6.07) is 4.87. The molecule has 0 saturated heterocycles. The average Bonchev–Trinajstić information content (AvgIpc) is 2.96. The van der Waals surface area contributed by atoms with Gasteiger partial charge in [-0.1, -0.05) is 6.92 Å². The fraction of sp³-hybridized carbons (Fsp3) is 0.385. The molecule has 0 bridgehead atoms. The summed E-state index contributed by atoms with van der Waals surface area (Å²) >= 11 is 3.61. The smallest absolute Gasteiger partial charge is 0.0308 e. The first kappa shape index (κ1) is 11.8. The number of thiophene rings is 2. The Morgan fingerprint density at radius 2 is 2.19 bits per heavy atom. The highest BCUT2D eigenvalue weighted by Crippen LogP contribution is 2.20. The van der Waals surface area contributed by atoms with Crippen LogP contribution in [0.15, 0.2) is 28.3 Å². The Hall–Kier alpha value is -0.640. The van der Waals surface area contributed by atoms with E-state index in [2.05, 4.69) is 47.4 Å². The van der Waals surface area contributed by atoms with E-state index in [1.54, 1.807) is 11.3 Å². The molecule has 1 nitrogen and oxygen atoms in total. The zero-order chi connectivity index (χ0) is 11.4. The van der Waals surface area contributed by atoms with Gasteiger partial charge in [0.05, 0.1) is 0 Å². The maximum atomic E-state index is 3.58. The van der Waals surface area contributed by atoms with E-state index in [9.17, 15) is 0 Å². The van der Waals surface area contributed by atoms with Gasteiger partial charge in [-0.2, -0.15) is 11.3 Å². The van der Waals surface area contributed by atoms with Gasteiger partial charge >= 0.3 is 0 Å². The van der Waals surface area contributed by atoms with Gasteiger partial charge in [0.1, 0.15) is 0 Å². The summed E-state index contributed by atoms with van der Waals surface area (Å²) in [6.07, 6.45) is 1.13. The van der Waals surface area contributed by atoms with E-state index < -0.39 is 0 Å². The monoisotopic (exact) mass is 251 g/mol. The van der Waals surface area contributed by atoms with E-state index in [1.165, 1.54) is 16.0 Å². The third kappa shape index (κ3) is 2.73. The van der Waals surface area contributed by atoms with Crippen molar-refractivity contribution in [3.63, 3.8) is 0 Å². The lowest BCUT2D eigenvalue weighted by Crippen LogP contribution is -2.17. The summed E-state index contributed by atoms with van der Waals surface area (Å²) in [6.45, 7) is 5.42. The van der Waals surface area contributed by atoms with Gasteiger partial charge in [-0.25, -0.2) is 0 Å². The van der Waals surface area contributed by atoms with Crippen molar-refractivity contribution in [2.24, 2.45) is 0 Å². The lowest BCUT2D eigenvalue weighted by Gasteiger charge is -2.12. The molecular formula is C13H17NS2. The number of hydrogen-bond acceptors (Lipinski definition) is 3. The molecule has 0 spiro atoms. The van der Waals surface area contributed by atoms with E-state index in [0.29, 0.717) is 6.04 Å². The lowest BCUT2D eigenvalue weighted by atomic mass is 10.1. The lowest BCUT2D eigenvalue weighted by molar-refractivity contribution is 0.578. The van der Waals surface area contributed by atoms with Crippen molar-refractivity contribution >= 4 is 22.7 Å². The Kier molecular flexibility index (Phi) is 4.16. The van der Waals surface area contributed by atoms with Crippen LogP contribution >= 0.6 is 22.7 Å². The van der Waals surface area contributed by atoms with Gasteiger partial charge in [0.25, 0.3) is 0 Å². The highest BCUT2D eigenvalue weighted by molar-refractivity contribution is 7.10. The van der Waals surface area contributed by atoms with E-state index >= 15 is 0 Å². The summed E-state index contributed by atoms with van der Waals surface area (Å²) in [7, 11) is 0. The van der Waals surface area contributed by atoms with Crippen LogP contribution in [0.25, 0.3) is 0 Å². The van der Waals surface area contributed by atoms with Crippen molar-refractivity contribution in [1.29, 1.82) is 0 Å². The van der Waals surface area contributed by atoms with Crippen LogP contribution < -0.4 is 5.32 Å². The molecule has 0 fully saturated rings. The standard InChI is InChI=1S/C13H17NS2/c1-3-11-5-7-16-13(11)8-14-10(2)12-4-6-15-9-12/h4-7,9-10,14H,3,8H2,1-2H3. The molecule has 0 amide bonds. The first-order valence-electron chi connectivity index (χ1n) is 5.62. The third-order valence-corrected chi connectivity index (χ3v) is 4.50. The second-order valence-corrected chi connectivity index (χ2v) is 5.66. The molecule has 0 aromatic carbocycles. The second-order valence-electron chi connectivity index (χ2n) is 3.88. The predicted molar refractivity (Wildman–Crippen MR) is 73.3 cm³/mol. The zero-order valence-corrected chi connectivity index (χ0v) is 11.3. The summed E-state index contributed by atoms with van der Waals surface area (Å²) in [5.74, 6) is 0.